The zero-order valence-corrected chi connectivity index (χ0v) is 5.47. The normalized spacial score (nSPS) is 50.7. The Morgan fingerprint density at radius 2 is 1.67 bits per heavy atom. The summed E-state index contributed by atoms with van der Waals surface area (Å²) in [7, 11) is 1.33. The molecule has 0 heterocycles. The van der Waals surface area contributed by atoms with Gasteiger partial charge < -0.3 is 4.74 Å². The average Bonchev–Trinajstić information content (AvgIpc) is 1.89. The van der Waals surface area contributed by atoms with Gasteiger partial charge in [0.2, 0.25) is 0 Å². The van der Waals surface area contributed by atoms with Crippen LogP contribution in [0.5, 0.6) is 0 Å². The fourth-order valence-corrected chi connectivity index (χ4v) is 1.06. The molecule has 1 rings (SSSR count). The van der Waals surface area contributed by atoms with E-state index in [0.717, 1.165) is 0 Å². The van der Waals surface area contributed by atoms with Gasteiger partial charge >= 0.3 is 0 Å². The number of methoxy groups -OCH3 is 1. The van der Waals surface area contributed by atoms with E-state index in [-0.39, 0.29) is 0 Å². The van der Waals surface area contributed by atoms with Crippen molar-refractivity contribution in [2.75, 3.05) is 7.11 Å². The molecule has 0 spiro atoms. The standard InChI is InChI=1S/C6H10F2O/c1-3-4(7)6(9-2)5(3)8/h3-6H,1-2H3. The van der Waals surface area contributed by atoms with Gasteiger partial charge in [-0.3, -0.25) is 0 Å². The molecular weight excluding hydrogens is 126 g/mol. The minimum Gasteiger partial charge on any atom is -0.375 e. The third kappa shape index (κ3) is 0.834. The molecule has 0 bridgehead atoms. The Bertz CT molecular complexity index is 97.2. The zero-order valence-electron chi connectivity index (χ0n) is 5.47. The lowest BCUT2D eigenvalue weighted by atomic mass is 9.79. The van der Waals surface area contributed by atoms with Gasteiger partial charge in [0.1, 0.15) is 18.4 Å². The number of alkyl halides is 2. The van der Waals surface area contributed by atoms with E-state index >= 15 is 0 Å². The lowest BCUT2D eigenvalue weighted by Crippen LogP contribution is -2.54. The second-order valence-corrected chi connectivity index (χ2v) is 2.45. The highest BCUT2D eigenvalue weighted by atomic mass is 19.2. The van der Waals surface area contributed by atoms with Crippen molar-refractivity contribution in [1.82, 2.24) is 0 Å². The van der Waals surface area contributed by atoms with E-state index in [4.69, 9.17) is 0 Å². The van der Waals surface area contributed by atoms with Gasteiger partial charge in [-0.1, -0.05) is 6.92 Å². The monoisotopic (exact) mass is 136 g/mol. The largest absolute Gasteiger partial charge is 0.375 e. The van der Waals surface area contributed by atoms with Crippen molar-refractivity contribution in [1.29, 1.82) is 0 Å². The maximum atomic E-state index is 12.5. The van der Waals surface area contributed by atoms with Gasteiger partial charge in [0.15, 0.2) is 0 Å². The quantitative estimate of drug-likeness (QED) is 0.528. The van der Waals surface area contributed by atoms with Gasteiger partial charge in [-0.15, -0.1) is 0 Å². The van der Waals surface area contributed by atoms with Crippen LogP contribution in [-0.4, -0.2) is 25.6 Å². The van der Waals surface area contributed by atoms with Crippen molar-refractivity contribution in [2.45, 2.75) is 25.4 Å². The van der Waals surface area contributed by atoms with Crippen LogP contribution in [0.15, 0.2) is 0 Å². The van der Waals surface area contributed by atoms with Gasteiger partial charge in [0, 0.05) is 13.0 Å². The van der Waals surface area contributed by atoms with Crippen molar-refractivity contribution in [2.24, 2.45) is 5.92 Å². The maximum Gasteiger partial charge on any atom is 0.134 e. The van der Waals surface area contributed by atoms with Crippen molar-refractivity contribution >= 4 is 0 Å². The molecule has 3 heteroatoms. The predicted octanol–water partition coefficient (Wildman–Crippen LogP) is 1.33. The second-order valence-electron chi connectivity index (χ2n) is 2.45. The van der Waals surface area contributed by atoms with E-state index < -0.39 is 24.4 Å². The molecule has 0 aromatic rings. The first-order valence-electron chi connectivity index (χ1n) is 2.99. The van der Waals surface area contributed by atoms with E-state index in [9.17, 15) is 8.78 Å². The van der Waals surface area contributed by atoms with Crippen LogP contribution >= 0.6 is 0 Å². The minimum atomic E-state index is -1.11. The molecule has 0 aliphatic heterocycles. The molecule has 1 nitrogen and oxygen atoms in total. The molecule has 2 atom stereocenters. The molecule has 54 valence electrons. The molecule has 0 aromatic heterocycles. The van der Waals surface area contributed by atoms with Crippen LogP contribution in [0.2, 0.25) is 0 Å². The first kappa shape index (κ1) is 6.93. The fraction of sp³-hybridized carbons (Fsp3) is 1.00. The number of ether oxygens (including phenoxy) is 1. The van der Waals surface area contributed by atoms with Gasteiger partial charge in [0.05, 0.1) is 0 Å². The summed E-state index contributed by atoms with van der Waals surface area (Å²) in [5.41, 5.74) is 0. The van der Waals surface area contributed by atoms with Gasteiger partial charge in [-0.05, 0) is 0 Å². The molecule has 0 N–H and O–H groups in total. The number of hydrogen-bond acceptors (Lipinski definition) is 1. The van der Waals surface area contributed by atoms with E-state index in [1.54, 1.807) is 6.92 Å². The van der Waals surface area contributed by atoms with Gasteiger partial charge in [0.25, 0.3) is 0 Å². The summed E-state index contributed by atoms with van der Waals surface area (Å²) < 4.78 is 29.5. The number of halogens is 2. The second kappa shape index (κ2) is 2.21. The van der Waals surface area contributed by atoms with E-state index in [1.165, 1.54) is 7.11 Å². The third-order valence-electron chi connectivity index (χ3n) is 1.90. The van der Waals surface area contributed by atoms with E-state index in [1.807, 2.05) is 0 Å². The summed E-state index contributed by atoms with van der Waals surface area (Å²) in [6.45, 7) is 1.55. The predicted molar refractivity (Wildman–Crippen MR) is 29.8 cm³/mol. The molecule has 1 aliphatic carbocycles. The first-order valence-corrected chi connectivity index (χ1v) is 2.99. The van der Waals surface area contributed by atoms with Gasteiger partial charge in [-0.25, -0.2) is 8.78 Å². The van der Waals surface area contributed by atoms with Crippen LogP contribution in [0.3, 0.4) is 0 Å². The summed E-state index contributed by atoms with van der Waals surface area (Å²) in [5, 5.41) is 0. The molecule has 0 aromatic carbocycles. The van der Waals surface area contributed by atoms with Crippen molar-refractivity contribution in [3.63, 3.8) is 0 Å². The smallest absolute Gasteiger partial charge is 0.134 e. The minimum absolute atomic E-state index is 0.477. The summed E-state index contributed by atoms with van der Waals surface area (Å²) >= 11 is 0. The SMILES string of the molecule is COC1C(F)C(C)C1F. The van der Waals surface area contributed by atoms with Crippen LogP contribution in [0.1, 0.15) is 6.92 Å². The van der Waals surface area contributed by atoms with Crippen molar-refractivity contribution < 1.29 is 13.5 Å². The Kier molecular flexibility index (Phi) is 1.70. The van der Waals surface area contributed by atoms with Crippen LogP contribution in [0.4, 0.5) is 8.78 Å². The topological polar surface area (TPSA) is 9.23 Å². The summed E-state index contributed by atoms with van der Waals surface area (Å²) in [6, 6.07) is 0. The Hall–Kier alpha value is -0.180. The maximum absolute atomic E-state index is 12.5. The highest BCUT2D eigenvalue weighted by Crippen LogP contribution is 2.35. The Balaban J connectivity index is 2.41. The number of hydrogen-bond donors (Lipinski definition) is 0. The van der Waals surface area contributed by atoms with Crippen LogP contribution < -0.4 is 0 Å². The molecule has 0 radical (unpaired) electrons. The van der Waals surface area contributed by atoms with Crippen LogP contribution in [-0.2, 0) is 4.74 Å². The molecule has 2 unspecified atom stereocenters. The summed E-state index contributed by atoms with van der Waals surface area (Å²) in [6.07, 6.45) is -3.02. The fourth-order valence-electron chi connectivity index (χ4n) is 1.06. The highest BCUT2D eigenvalue weighted by molar-refractivity contribution is 4.97. The molecule has 1 saturated carbocycles. The summed E-state index contributed by atoms with van der Waals surface area (Å²) in [4.78, 5) is 0. The molecule has 1 fully saturated rings. The first-order chi connectivity index (χ1) is 4.18. The molecule has 1 aliphatic rings. The van der Waals surface area contributed by atoms with Crippen molar-refractivity contribution in [3.8, 4) is 0 Å². The van der Waals surface area contributed by atoms with E-state index in [2.05, 4.69) is 4.74 Å². The third-order valence-corrected chi connectivity index (χ3v) is 1.90. The van der Waals surface area contributed by atoms with Crippen LogP contribution in [0, 0.1) is 5.92 Å². The van der Waals surface area contributed by atoms with Crippen molar-refractivity contribution in [3.05, 3.63) is 0 Å². The molecular formula is C6H10F2O. The molecule has 0 saturated heterocycles. The average molecular weight is 136 g/mol. The highest BCUT2D eigenvalue weighted by Gasteiger charge is 2.49. The lowest BCUT2D eigenvalue weighted by molar-refractivity contribution is -0.138. The number of rotatable bonds is 1. The Morgan fingerprint density at radius 1 is 1.22 bits per heavy atom. The Labute approximate surface area is 53.0 Å². The Morgan fingerprint density at radius 3 is 1.89 bits per heavy atom. The van der Waals surface area contributed by atoms with Gasteiger partial charge in [-0.2, -0.15) is 0 Å². The zero-order chi connectivity index (χ0) is 7.02. The van der Waals surface area contributed by atoms with E-state index in [0.29, 0.717) is 0 Å². The summed E-state index contributed by atoms with van der Waals surface area (Å²) in [5.74, 6) is -0.477. The lowest BCUT2D eigenvalue weighted by Gasteiger charge is -2.39. The molecule has 0 amide bonds. The van der Waals surface area contributed by atoms with Crippen LogP contribution in [0.25, 0.3) is 0 Å². The molecule has 9 heavy (non-hydrogen) atoms.